The number of rotatable bonds is 5. The smallest absolute Gasteiger partial charge is 0.261 e. The van der Waals surface area contributed by atoms with E-state index in [9.17, 15) is 22.0 Å². The van der Waals surface area contributed by atoms with Crippen molar-refractivity contribution in [2.75, 3.05) is 10.0 Å². The van der Waals surface area contributed by atoms with Crippen LogP contribution in [-0.2, 0) is 10.0 Å². The van der Waals surface area contributed by atoms with Gasteiger partial charge in [0.1, 0.15) is 11.6 Å². The van der Waals surface area contributed by atoms with Crippen molar-refractivity contribution >= 4 is 27.3 Å². The quantitative estimate of drug-likeness (QED) is 0.667. The molecule has 0 bridgehead atoms. The fourth-order valence-electron chi connectivity index (χ4n) is 2.56. The molecule has 3 rings (SSSR count). The predicted molar refractivity (Wildman–Crippen MR) is 103 cm³/mol. The normalized spacial score (nSPS) is 11.1. The Kier molecular flexibility index (Phi) is 5.41. The monoisotopic (exact) mass is 402 g/mol. The van der Waals surface area contributed by atoms with E-state index in [2.05, 4.69) is 10.0 Å². The highest BCUT2D eigenvalue weighted by atomic mass is 32.2. The third kappa shape index (κ3) is 4.72. The lowest BCUT2D eigenvalue weighted by Gasteiger charge is -2.10. The van der Waals surface area contributed by atoms with Gasteiger partial charge in [0.15, 0.2) is 0 Å². The second kappa shape index (κ2) is 7.77. The molecule has 0 unspecified atom stereocenters. The van der Waals surface area contributed by atoms with Gasteiger partial charge in [0.25, 0.3) is 15.9 Å². The first-order valence-electron chi connectivity index (χ1n) is 8.20. The maximum atomic E-state index is 13.3. The molecule has 8 heteroatoms. The van der Waals surface area contributed by atoms with E-state index >= 15 is 0 Å². The van der Waals surface area contributed by atoms with Gasteiger partial charge < -0.3 is 5.32 Å². The highest BCUT2D eigenvalue weighted by Crippen LogP contribution is 2.19. The molecule has 0 radical (unpaired) electrons. The van der Waals surface area contributed by atoms with Crippen LogP contribution in [0.15, 0.2) is 71.6 Å². The SMILES string of the molecule is Cc1cccc(NS(=O)(=O)c2cccc(C(=O)Nc3cc(F)cc(F)c3)c2)c1. The number of sulfonamides is 1. The van der Waals surface area contributed by atoms with Gasteiger partial charge in [-0.25, -0.2) is 17.2 Å². The van der Waals surface area contributed by atoms with E-state index in [0.29, 0.717) is 11.8 Å². The highest BCUT2D eigenvalue weighted by Gasteiger charge is 2.17. The summed E-state index contributed by atoms with van der Waals surface area (Å²) in [5.41, 5.74) is 1.23. The summed E-state index contributed by atoms with van der Waals surface area (Å²) in [6, 6.07) is 14.8. The molecule has 3 aromatic carbocycles. The van der Waals surface area contributed by atoms with Gasteiger partial charge in [0.2, 0.25) is 0 Å². The molecule has 0 aromatic heterocycles. The molecule has 28 heavy (non-hydrogen) atoms. The minimum absolute atomic E-state index is 0.0248. The van der Waals surface area contributed by atoms with Crippen LogP contribution in [0.3, 0.4) is 0 Å². The summed E-state index contributed by atoms with van der Waals surface area (Å²) in [5, 5.41) is 2.34. The lowest BCUT2D eigenvalue weighted by molar-refractivity contribution is 0.102. The number of hydrogen-bond acceptors (Lipinski definition) is 3. The summed E-state index contributed by atoms with van der Waals surface area (Å²) >= 11 is 0. The van der Waals surface area contributed by atoms with Crippen molar-refractivity contribution < 1.29 is 22.0 Å². The van der Waals surface area contributed by atoms with Gasteiger partial charge in [-0.15, -0.1) is 0 Å². The van der Waals surface area contributed by atoms with Crippen LogP contribution in [-0.4, -0.2) is 14.3 Å². The topological polar surface area (TPSA) is 75.3 Å². The van der Waals surface area contributed by atoms with Crippen LogP contribution in [0.2, 0.25) is 0 Å². The van der Waals surface area contributed by atoms with Crippen molar-refractivity contribution in [1.82, 2.24) is 0 Å². The lowest BCUT2D eigenvalue weighted by Crippen LogP contribution is -2.16. The second-order valence-electron chi connectivity index (χ2n) is 6.12. The molecule has 0 saturated heterocycles. The number of halogens is 2. The molecule has 0 aliphatic carbocycles. The summed E-state index contributed by atoms with van der Waals surface area (Å²) in [6.07, 6.45) is 0. The zero-order chi connectivity index (χ0) is 20.3. The zero-order valence-corrected chi connectivity index (χ0v) is 15.6. The van der Waals surface area contributed by atoms with Gasteiger partial charge in [0, 0.05) is 23.0 Å². The van der Waals surface area contributed by atoms with Gasteiger partial charge in [-0.05, 0) is 55.0 Å². The van der Waals surface area contributed by atoms with Crippen molar-refractivity contribution in [3.63, 3.8) is 0 Å². The van der Waals surface area contributed by atoms with Crippen LogP contribution < -0.4 is 10.0 Å². The molecule has 5 nitrogen and oxygen atoms in total. The lowest BCUT2D eigenvalue weighted by atomic mass is 10.2. The third-order valence-electron chi connectivity index (χ3n) is 3.80. The van der Waals surface area contributed by atoms with E-state index in [1.54, 1.807) is 18.2 Å². The summed E-state index contributed by atoms with van der Waals surface area (Å²) < 4.78 is 54.1. The molecule has 144 valence electrons. The molecule has 2 N–H and O–H groups in total. The van der Waals surface area contributed by atoms with E-state index in [-0.39, 0.29) is 16.1 Å². The Morgan fingerprint density at radius 1 is 0.857 bits per heavy atom. The average molecular weight is 402 g/mol. The Bertz CT molecular complexity index is 1130. The molecule has 1 amide bonds. The molecular weight excluding hydrogens is 386 g/mol. The van der Waals surface area contributed by atoms with Crippen LogP contribution in [0, 0.1) is 18.6 Å². The predicted octanol–water partition coefficient (Wildman–Crippen LogP) is 4.33. The Morgan fingerprint density at radius 3 is 2.21 bits per heavy atom. The number of aryl methyl sites for hydroxylation is 1. The third-order valence-corrected chi connectivity index (χ3v) is 5.18. The first-order chi connectivity index (χ1) is 13.2. The Balaban J connectivity index is 1.83. The number of carbonyl (C=O) groups is 1. The van der Waals surface area contributed by atoms with E-state index in [1.807, 2.05) is 13.0 Å². The van der Waals surface area contributed by atoms with Gasteiger partial charge in [0.05, 0.1) is 4.90 Å². The number of amides is 1. The summed E-state index contributed by atoms with van der Waals surface area (Å²) in [5.74, 6) is -2.37. The molecule has 0 atom stereocenters. The highest BCUT2D eigenvalue weighted by molar-refractivity contribution is 7.92. The van der Waals surface area contributed by atoms with Crippen LogP contribution >= 0.6 is 0 Å². The van der Waals surface area contributed by atoms with Crippen molar-refractivity contribution in [3.05, 3.63) is 89.5 Å². The number of carbonyl (C=O) groups excluding carboxylic acids is 1. The van der Waals surface area contributed by atoms with Gasteiger partial charge >= 0.3 is 0 Å². The minimum Gasteiger partial charge on any atom is -0.322 e. The van der Waals surface area contributed by atoms with Crippen LogP contribution in [0.1, 0.15) is 15.9 Å². The van der Waals surface area contributed by atoms with Gasteiger partial charge in [-0.3, -0.25) is 9.52 Å². The second-order valence-corrected chi connectivity index (χ2v) is 7.80. The van der Waals surface area contributed by atoms with Crippen LogP contribution in [0.25, 0.3) is 0 Å². The molecule has 0 aliphatic heterocycles. The van der Waals surface area contributed by atoms with E-state index in [1.165, 1.54) is 24.3 Å². The number of benzene rings is 3. The molecule has 0 aliphatic rings. The summed E-state index contributed by atoms with van der Waals surface area (Å²) in [4.78, 5) is 12.2. The van der Waals surface area contributed by atoms with Gasteiger partial charge in [-0.1, -0.05) is 18.2 Å². The largest absolute Gasteiger partial charge is 0.322 e. The summed E-state index contributed by atoms with van der Waals surface area (Å²) in [7, 11) is -3.92. The number of nitrogens with one attached hydrogen (secondary N) is 2. The van der Waals surface area contributed by atoms with Crippen molar-refractivity contribution in [3.8, 4) is 0 Å². The Morgan fingerprint density at radius 2 is 1.54 bits per heavy atom. The fraction of sp³-hybridized carbons (Fsp3) is 0.0500. The van der Waals surface area contributed by atoms with Crippen molar-refractivity contribution in [2.45, 2.75) is 11.8 Å². The molecule has 0 spiro atoms. The fourth-order valence-corrected chi connectivity index (χ4v) is 3.65. The molecule has 0 saturated carbocycles. The summed E-state index contributed by atoms with van der Waals surface area (Å²) in [6.45, 7) is 1.83. The van der Waals surface area contributed by atoms with E-state index in [4.69, 9.17) is 0 Å². The molecule has 0 fully saturated rings. The maximum absolute atomic E-state index is 13.3. The van der Waals surface area contributed by atoms with E-state index in [0.717, 1.165) is 17.7 Å². The number of anilines is 2. The van der Waals surface area contributed by atoms with Crippen molar-refractivity contribution in [2.24, 2.45) is 0 Å². The minimum atomic E-state index is -3.92. The van der Waals surface area contributed by atoms with Crippen LogP contribution in [0.4, 0.5) is 20.2 Å². The Hall–Kier alpha value is -3.26. The first kappa shape index (κ1) is 19.5. The maximum Gasteiger partial charge on any atom is 0.261 e. The standard InChI is InChI=1S/C20H16F2N2O3S/c1-13-4-2-6-17(8-13)24-28(26,27)19-7-3-5-14(9-19)20(25)23-18-11-15(21)10-16(22)12-18/h2-12,24H,1H3,(H,23,25). The van der Waals surface area contributed by atoms with E-state index < -0.39 is 27.6 Å². The zero-order valence-electron chi connectivity index (χ0n) is 14.7. The van der Waals surface area contributed by atoms with Gasteiger partial charge in [-0.2, -0.15) is 0 Å². The van der Waals surface area contributed by atoms with Crippen LogP contribution in [0.5, 0.6) is 0 Å². The van der Waals surface area contributed by atoms with Crippen molar-refractivity contribution in [1.29, 1.82) is 0 Å². The molecule has 3 aromatic rings. The number of hydrogen-bond donors (Lipinski definition) is 2. The first-order valence-corrected chi connectivity index (χ1v) is 9.68. The molecular formula is C20H16F2N2O3S. The molecule has 0 heterocycles. The Labute approximate surface area is 161 Å². The average Bonchev–Trinajstić information content (AvgIpc) is 2.60.